The Morgan fingerprint density at radius 1 is 1.16 bits per heavy atom. The van der Waals surface area contributed by atoms with E-state index in [0.717, 1.165) is 12.6 Å². The monoisotopic (exact) mass is 260 g/mol. The molecule has 3 heterocycles. The van der Waals surface area contributed by atoms with Gasteiger partial charge in [0.2, 0.25) is 0 Å². The van der Waals surface area contributed by atoms with Gasteiger partial charge in [0.05, 0.1) is 0 Å². The van der Waals surface area contributed by atoms with Crippen LogP contribution >= 0.6 is 0 Å². The van der Waals surface area contributed by atoms with E-state index in [9.17, 15) is 0 Å². The van der Waals surface area contributed by atoms with Crippen LogP contribution in [0.1, 0.15) is 12.5 Å². The molecule has 2 fully saturated rings. The van der Waals surface area contributed by atoms with E-state index < -0.39 is 0 Å². The Morgan fingerprint density at radius 3 is 2.58 bits per heavy atom. The molecular formula is C15H24N4. The maximum atomic E-state index is 4.18. The van der Waals surface area contributed by atoms with Crippen molar-refractivity contribution < 1.29 is 0 Å². The molecule has 3 rings (SSSR count). The van der Waals surface area contributed by atoms with Crippen molar-refractivity contribution in [2.45, 2.75) is 19.5 Å². The van der Waals surface area contributed by atoms with Crippen LogP contribution in [0.4, 0.5) is 0 Å². The first kappa shape index (κ1) is 13.0. The van der Waals surface area contributed by atoms with Gasteiger partial charge in [0, 0.05) is 64.2 Å². The number of hydrogen-bond donors (Lipinski definition) is 0. The van der Waals surface area contributed by atoms with Gasteiger partial charge in [-0.3, -0.25) is 14.8 Å². The predicted octanol–water partition coefficient (Wildman–Crippen LogP) is 0.903. The van der Waals surface area contributed by atoms with Gasteiger partial charge in [0.25, 0.3) is 0 Å². The van der Waals surface area contributed by atoms with E-state index in [1.807, 2.05) is 18.5 Å². The normalized spacial score (nSPS) is 23.4. The van der Waals surface area contributed by atoms with E-state index in [0.29, 0.717) is 0 Å². The van der Waals surface area contributed by atoms with Gasteiger partial charge in [-0.15, -0.1) is 0 Å². The zero-order valence-electron chi connectivity index (χ0n) is 11.8. The van der Waals surface area contributed by atoms with Crippen molar-refractivity contribution in [3.8, 4) is 0 Å². The number of nitrogens with zero attached hydrogens (tertiary/aromatic N) is 4. The molecule has 4 heteroatoms. The smallest absolute Gasteiger partial charge is 0.0351 e. The average Bonchev–Trinajstić information content (AvgIpc) is 2.44. The second-order valence-electron chi connectivity index (χ2n) is 5.68. The summed E-state index contributed by atoms with van der Waals surface area (Å²) in [5, 5.41) is 0. The predicted molar refractivity (Wildman–Crippen MR) is 77.0 cm³/mol. The maximum absolute atomic E-state index is 4.18. The van der Waals surface area contributed by atoms with Crippen molar-refractivity contribution in [2.75, 3.05) is 45.8 Å². The summed E-state index contributed by atoms with van der Waals surface area (Å²) in [6, 6.07) is 4.98. The third kappa shape index (κ3) is 3.14. The number of aromatic nitrogens is 1. The van der Waals surface area contributed by atoms with Crippen LogP contribution < -0.4 is 0 Å². The van der Waals surface area contributed by atoms with Crippen molar-refractivity contribution in [3.05, 3.63) is 30.1 Å². The Bertz CT molecular complexity index is 380. The Hall–Kier alpha value is -0.970. The molecule has 0 unspecified atom stereocenters. The first-order valence-electron chi connectivity index (χ1n) is 7.43. The van der Waals surface area contributed by atoms with Crippen LogP contribution in [0.15, 0.2) is 24.5 Å². The van der Waals surface area contributed by atoms with Gasteiger partial charge in [-0.05, 0) is 18.2 Å². The second-order valence-corrected chi connectivity index (χ2v) is 5.68. The zero-order valence-corrected chi connectivity index (χ0v) is 11.8. The quantitative estimate of drug-likeness (QED) is 0.802. The molecule has 1 aromatic heterocycles. The van der Waals surface area contributed by atoms with E-state index in [4.69, 9.17) is 0 Å². The molecule has 0 saturated carbocycles. The van der Waals surface area contributed by atoms with Gasteiger partial charge in [-0.1, -0.05) is 13.0 Å². The van der Waals surface area contributed by atoms with E-state index in [2.05, 4.69) is 32.7 Å². The number of piperazine rings is 1. The van der Waals surface area contributed by atoms with E-state index in [1.54, 1.807) is 0 Å². The topological polar surface area (TPSA) is 22.6 Å². The molecule has 1 aromatic rings. The minimum Gasteiger partial charge on any atom is -0.301 e. The number of pyridine rings is 1. The maximum Gasteiger partial charge on any atom is 0.0351 e. The van der Waals surface area contributed by atoms with E-state index in [-0.39, 0.29) is 0 Å². The lowest BCUT2D eigenvalue weighted by molar-refractivity contribution is 0.00208. The van der Waals surface area contributed by atoms with Crippen molar-refractivity contribution in [3.63, 3.8) is 0 Å². The van der Waals surface area contributed by atoms with Crippen molar-refractivity contribution in [1.29, 1.82) is 0 Å². The first-order valence-corrected chi connectivity index (χ1v) is 7.43. The molecule has 2 aliphatic heterocycles. The van der Waals surface area contributed by atoms with Crippen molar-refractivity contribution in [1.82, 2.24) is 19.7 Å². The lowest BCUT2D eigenvalue weighted by atomic mass is 10.0. The summed E-state index contributed by atoms with van der Waals surface area (Å²) in [4.78, 5) is 11.9. The Balaban J connectivity index is 1.41. The molecule has 0 N–H and O–H groups in total. The fourth-order valence-electron chi connectivity index (χ4n) is 3.10. The van der Waals surface area contributed by atoms with Crippen LogP contribution in [0, 0.1) is 0 Å². The largest absolute Gasteiger partial charge is 0.301 e. The van der Waals surface area contributed by atoms with Gasteiger partial charge in [0.1, 0.15) is 0 Å². The highest BCUT2D eigenvalue weighted by molar-refractivity contribution is 5.09. The Labute approximate surface area is 116 Å². The van der Waals surface area contributed by atoms with E-state index >= 15 is 0 Å². The summed E-state index contributed by atoms with van der Waals surface area (Å²) in [6.07, 6.45) is 3.82. The average molecular weight is 260 g/mol. The molecule has 0 amide bonds. The molecule has 19 heavy (non-hydrogen) atoms. The van der Waals surface area contributed by atoms with Crippen LogP contribution in [0.3, 0.4) is 0 Å². The summed E-state index contributed by atoms with van der Waals surface area (Å²) >= 11 is 0. The molecule has 0 aromatic carbocycles. The zero-order chi connectivity index (χ0) is 13.1. The fraction of sp³-hybridized carbons (Fsp3) is 0.667. The number of rotatable bonds is 4. The van der Waals surface area contributed by atoms with Gasteiger partial charge in [-0.2, -0.15) is 0 Å². The SMILES string of the molecule is CCN1CCN(C2CN(Cc3cccnc3)C2)CC1. The van der Waals surface area contributed by atoms with Crippen LogP contribution in [-0.2, 0) is 6.54 Å². The summed E-state index contributed by atoms with van der Waals surface area (Å²) in [7, 11) is 0. The summed E-state index contributed by atoms with van der Waals surface area (Å²) in [5.41, 5.74) is 1.33. The lowest BCUT2D eigenvalue weighted by Gasteiger charge is -2.48. The van der Waals surface area contributed by atoms with Gasteiger partial charge in [-0.25, -0.2) is 0 Å². The molecule has 0 atom stereocenters. The minimum atomic E-state index is 0.788. The summed E-state index contributed by atoms with van der Waals surface area (Å²) in [6.45, 7) is 11.9. The molecular weight excluding hydrogens is 236 g/mol. The van der Waals surface area contributed by atoms with Crippen LogP contribution in [0.25, 0.3) is 0 Å². The van der Waals surface area contributed by atoms with Gasteiger partial charge < -0.3 is 4.90 Å². The number of hydrogen-bond acceptors (Lipinski definition) is 4. The minimum absolute atomic E-state index is 0.788. The molecule has 0 bridgehead atoms. The third-order valence-electron chi connectivity index (χ3n) is 4.44. The molecule has 0 spiro atoms. The highest BCUT2D eigenvalue weighted by Crippen LogP contribution is 2.19. The molecule has 104 valence electrons. The molecule has 4 nitrogen and oxygen atoms in total. The molecule has 0 aliphatic carbocycles. The van der Waals surface area contributed by atoms with Crippen molar-refractivity contribution in [2.24, 2.45) is 0 Å². The second kappa shape index (κ2) is 5.99. The number of likely N-dealkylation sites (N-methyl/N-ethyl adjacent to an activating group) is 1. The standard InChI is InChI=1S/C15H24N4/c1-2-17-6-8-19(9-7-17)15-12-18(13-15)11-14-4-3-5-16-10-14/h3-5,10,15H,2,6-9,11-13H2,1H3. The van der Waals surface area contributed by atoms with Crippen LogP contribution in [-0.4, -0.2) is 71.5 Å². The van der Waals surface area contributed by atoms with Gasteiger partial charge in [0.15, 0.2) is 0 Å². The van der Waals surface area contributed by atoms with E-state index in [1.165, 1.54) is 51.4 Å². The lowest BCUT2D eigenvalue weighted by Crippen LogP contribution is -2.62. The van der Waals surface area contributed by atoms with Crippen LogP contribution in [0.2, 0.25) is 0 Å². The Kier molecular flexibility index (Phi) is 4.11. The molecule has 2 saturated heterocycles. The highest BCUT2D eigenvalue weighted by Gasteiger charge is 2.32. The number of likely N-dealkylation sites (tertiary alicyclic amines) is 1. The first-order chi connectivity index (χ1) is 9.35. The summed E-state index contributed by atoms with van der Waals surface area (Å²) in [5.74, 6) is 0. The highest BCUT2D eigenvalue weighted by atomic mass is 15.3. The van der Waals surface area contributed by atoms with Crippen molar-refractivity contribution >= 4 is 0 Å². The molecule has 0 radical (unpaired) electrons. The van der Waals surface area contributed by atoms with Crippen LogP contribution in [0.5, 0.6) is 0 Å². The fourth-order valence-corrected chi connectivity index (χ4v) is 3.10. The molecule has 2 aliphatic rings. The van der Waals surface area contributed by atoms with Gasteiger partial charge >= 0.3 is 0 Å². The summed E-state index contributed by atoms with van der Waals surface area (Å²) < 4.78 is 0. The Morgan fingerprint density at radius 2 is 1.95 bits per heavy atom. The third-order valence-corrected chi connectivity index (χ3v) is 4.44.